The van der Waals surface area contributed by atoms with E-state index in [1.54, 1.807) is 0 Å². The highest BCUT2D eigenvalue weighted by molar-refractivity contribution is 5.76. The molecule has 0 N–H and O–H groups in total. The molecule has 1 unspecified atom stereocenters. The maximum atomic E-state index is 11.9. The molecule has 0 amide bonds. The van der Waals surface area contributed by atoms with Gasteiger partial charge >= 0.3 is 0 Å². The molecular formula is C9H10N2O. The molecule has 1 atom stereocenters. The van der Waals surface area contributed by atoms with Crippen LogP contribution in [0.25, 0.3) is 0 Å². The molecule has 3 heteroatoms. The van der Waals surface area contributed by atoms with E-state index in [0.717, 1.165) is 5.69 Å². The summed E-state index contributed by atoms with van der Waals surface area (Å²) in [6.07, 6.45) is 1.47. The lowest BCUT2D eigenvalue weighted by molar-refractivity contribution is 0.601. The van der Waals surface area contributed by atoms with E-state index in [0.29, 0.717) is 13.1 Å². The lowest BCUT2D eigenvalue weighted by atomic mass is 10.3. The molecule has 2 rings (SSSR count). The van der Waals surface area contributed by atoms with Gasteiger partial charge in [0.1, 0.15) is 12.2 Å². The number of rotatable bonds is 1. The minimum Gasteiger partial charge on any atom is -0.621 e. The van der Waals surface area contributed by atoms with Crippen molar-refractivity contribution in [2.45, 2.75) is 0 Å². The number of para-hydroxylation sites is 1. The van der Waals surface area contributed by atoms with Crippen LogP contribution >= 0.6 is 0 Å². The van der Waals surface area contributed by atoms with Gasteiger partial charge < -0.3 is 5.21 Å². The average molecular weight is 162 g/mol. The molecular weight excluding hydrogens is 152 g/mol. The predicted molar refractivity (Wildman–Crippen MR) is 49.8 cm³/mol. The molecule has 0 spiro atoms. The van der Waals surface area contributed by atoms with Crippen LogP contribution in [-0.2, 0) is 0 Å². The van der Waals surface area contributed by atoms with E-state index in [4.69, 9.17) is 0 Å². The highest BCUT2D eigenvalue weighted by Gasteiger charge is 2.21. The van der Waals surface area contributed by atoms with Gasteiger partial charge in [-0.3, -0.25) is 4.65 Å². The number of quaternary nitrogens is 1. The van der Waals surface area contributed by atoms with Crippen LogP contribution in [0, 0.1) is 5.21 Å². The second-order valence-corrected chi connectivity index (χ2v) is 2.88. The lowest BCUT2D eigenvalue weighted by Gasteiger charge is -2.33. The molecule has 0 fully saturated rings. The Bertz CT molecular complexity index is 297. The molecule has 62 valence electrons. The average Bonchev–Trinajstić information content (AvgIpc) is 2.55. The summed E-state index contributed by atoms with van der Waals surface area (Å²) in [5.74, 6) is 0. The lowest BCUT2D eigenvalue weighted by Crippen LogP contribution is -2.39. The van der Waals surface area contributed by atoms with Crippen molar-refractivity contribution in [2.24, 2.45) is 4.99 Å². The highest BCUT2D eigenvalue weighted by atomic mass is 16.5. The zero-order valence-corrected chi connectivity index (χ0v) is 6.68. The number of hydrogen-bond donors (Lipinski definition) is 0. The second-order valence-electron chi connectivity index (χ2n) is 2.88. The van der Waals surface area contributed by atoms with E-state index in [-0.39, 0.29) is 0 Å². The van der Waals surface area contributed by atoms with Crippen LogP contribution in [0.1, 0.15) is 0 Å². The van der Waals surface area contributed by atoms with E-state index in [2.05, 4.69) is 4.99 Å². The summed E-state index contributed by atoms with van der Waals surface area (Å²) in [7, 11) is 0. The van der Waals surface area contributed by atoms with Crippen LogP contribution in [0.3, 0.4) is 0 Å². The van der Waals surface area contributed by atoms with Gasteiger partial charge in [-0.25, -0.2) is 4.99 Å². The summed E-state index contributed by atoms with van der Waals surface area (Å²) >= 11 is 0. The number of nitrogens with zero attached hydrogens (tertiary/aromatic N) is 2. The number of hydroxylamine groups is 2. The largest absolute Gasteiger partial charge is 0.621 e. The summed E-state index contributed by atoms with van der Waals surface area (Å²) in [4.78, 5) is 3.95. The molecule has 1 aromatic rings. The fraction of sp³-hybridized carbons (Fsp3) is 0.222. The van der Waals surface area contributed by atoms with Crippen molar-refractivity contribution in [3.63, 3.8) is 0 Å². The van der Waals surface area contributed by atoms with Gasteiger partial charge in [0.2, 0.25) is 0 Å². The van der Waals surface area contributed by atoms with E-state index >= 15 is 0 Å². The van der Waals surface area contributed by atoms with Crippen molar-refractivity contribution in [2.75, 3.05) is 13.1 Å². The fourth-order valence-electron chi connectivity index (χ4n) is 1.33. The van der Waals surface area contributed by atoms with Crippen LogP contribution < -0.4 is 4.65 Å². The van der Waals surface area contributed by atoms with Crippen molar-refractivity contribution in [1.82, 2.24) is 4.65 Å². The Hall–Kier alpha value is -1.19. The van der Waals surface area contributed by atoms with Crippen LogP contribution in [0.5, 0.6) is 0 Å². The Morgan fingerprint density at radius 2 is 2.00 bits per heavy atom. The smallest absolute Gasteiger partial charge is 0.190 e. The first-order chi connectivity index (χ1) is 5.81. The quantitative estimate of drug-likeness (QED) is 0.455. The third-order valence-corrected chi connectivity index (χ3v) is 2.02. The van der Waals surface area contributed by atoms with Gasteiger partial charge in [0.15, 0.2) is 6.34 Å². The molecule has 1 heterocycles. The fourth-order valence-corrected chi connectivity index (χ4v) is 1.33. The summed E-state index contributed by atoms with van der Waals surface area (Å²) < 4.78 is -0.402. The third kappa shape index (κ3) is 1.13. The Labute approximate surface area is 71.1 Å². The van der Waals surface area contributed by atoms with Crippen LogP contribution in [0.2, 0.25) is 0 Å². The second kappa shape index (κ2) is 2.69. The minimum absolute atomic E-state index is 0.402. The molecule has 0 bridgehead atoms. The van der Waals surface area contributed by atoms with Crippen LogP contribution in [-0.4, -0.2) is 19.4 Å². The van der Waals surface area contributed by atoms with E-state index in [1.165, 1.54) is 6.34 Å². The Balaban J connectivity index is 2.36. The molecule has 1 aliphatic heterocycles. The Morgan fingerprint density at radius 3 is 2.58 bits per heavy atom. The Morgan fingerprint density at radius 1 is 1.25 bits per heavy atom. The van der Waals surface area contributed by atoms with Gasteiger partial charge in [-0.05, 0) is 12.1 Å². The molecule has 1 aromatic carbocycles. The van der Waals surface area contributed by atoms with Gasteiger partial charge in [0.25, 0.3) is 0 Å². The first-order valence-corrected chi connectivity index (χ1v) is 3.97. The van der Waals surface area contributed by atoms with Crippen LogP contribution in [0.15, 0.2) is 35.3 Å². The van der Waals surface area contributed by atoms with Crippen molar-refractivity contribution in [3.05, 3.63) is 35.5 Å². The van der Waals surface area contributed by atoms with Gasteiger partial charge in [-0.15, -0.1) is 0 Å². The van der Waals surface area contributed by atoms with Crippen LogP contribution in [0.4, 0.5) is 5.69 Å². The maximum absolute atomic E-state index is 11.9. The summed E-state index contributed by atoms with van der Waals surface area (Å²) in [6.45, 7) is 1.17. The van der Waals surface area contributed by atoms with Gasteiger partial charge in [0.05, 0.1) is 6.54 Å². The topological polar surface area (TPSA) is 35.4 Å². The number of hydrogen-bond acceptors (Lipinski definition) is 2. The van der Waals surface area contributed by atoms with E-state index < -0.39 is 4.65 Å². The SMILES string of the molecule is [O-][N+]1(c2ccccc2)C=NCC1. The first-order valence-electron chi connectivity index (χ1n) is 3.97. The number of aliphatic imine (C=N–C) groups is 1. The maximum Gasteiger partial charge on any atom is 0.190 e. The summed E-state index contributed by atoms with van der Waals surface area (Å²) in [5, 5.41) is 11.9. The minimum atomic E-state index is -0.402. The molecule has 3 nitrogen and oxygen atoms in total. The molecule has 0 saturated heterocycles. The molecule has 0 aromatic heterocycles. The van der Waals surface area contributed by atoms with Crippen molar-refractivity contribution in [1.29, 1.82) is 0 Å². The van der Waals surface area contributed by atoms with Crippen molar-refractivity contribution < 1.29 is 0 Å². The normalized spacial score (nSPS) is 27.8. The molecule has 1 aliphatic rings. The van der Waals surface area contributed by atoms with Gasteiger partial charge in [-0.1, -0.05) is 18.2 Å². The molecule has 12 heavy (non-hydrogen) atoms. The monoisotopic (exact) mass is 162 g/mol. The highest BCUT2D eigenvalue weighted by Crippen LogP contribution is 2.21. The van der Waals surface area contributed by atoms with Gasteiger partial charge in [-0.2, -0.15) is 0 Å². The van der Waals surface area contributed by atoms with Gasteiger partial charge in [0, 0.05) is 0 Å². The third-order valence-electron chi connectivity index (χ3n) is 2.02. The summed E-state index contributed by atoms with van der Waals surface area (Å²) in [6, 6.07) is 9.33. The Kier molecular flexibility index (Phi) is 1.67. The number of benzene rings is 1. The molecule has 0 radical (unpaired) electrons. The van der Waals surface area contributed by atoms with Crippen molar-refractivity contribution >= 4 is 12.0 Å². The summed E-state index contributed by atoms with van der Waals surface area (Å²) in [5.41, 5.74) is 0.763. The van der Waals surface area contributed by atoms with E-state index in [1.807, 2.05) is 30.3 Å². The van der Waals surface area contributed by atoms with Crippen molar-refractivity contribution in [3.8, 4) is 0 Å². The predicted octanol–water partition coefficient (Wildman–Crippen LogP) is 1.53. The zero-order valence-electron chi connectivity index (χ0n) is 6.68. The zero-order chi connectivity index (χ0) is 8.44. The van der Waals surface area contributed by atoms with E-state index in [9.17, 15) is 5.21 Å². The molecule has 0 saturated carbocycles. The molecule has 0 aliphatic carbocycles. The first kappa shape index (κ1) is 7.46. The standard InChI is InChI=1S/C9H10N2O/c12-11(7-6-10-8-11)9-4-2-1-3-5-9/h1-5,8H,6-7H2.